The van der Waals surface area contributed by atoms with E-state index in [1.165, 1.54) is 38.3 Å². The highest BCUT2D eigenvalue weighted by atomic mass is 32.2. The first-order chi connectivity index (χ1) is 12.4. The van der Waals surface area contributed by atoms with Gasteiger partial charge in [0.05, 0.1) is 7.11 Å². The molecule has 0 saturated heterocycles. The highest BCUT2D eigenvalue weighted by Crippen LogP contribution is 2.42. The Morgan fingerprint density at radius 1 is 1.15 bits per heavy atom. The van der Waals surface area contributed by atoms with E-state index in [0.717, 1.165) is 16.7 Å². The summed E-state index contributed by atoms with van der Waals surface area (Å²) in [5.74, 6) is -1.13. The van der Waals surface area contributed by atoms with Crippen LogP contribution in [0.3, 0.4) is 0 Å². The standard InChI is InChI=1S/C18H14O7S/c1-9(19)24-14-8-13-16(17(22)18(14)23-2)12(21)7-15(25-13)26-11-5-3-10(20)4-6-11/h3-8,20,22H,1-2H3. The summed E-state index contributed by atoms with van der Waals surface area (Å²) in [4.78, 5) is 24.4. The second-order valence-electron chi connectivity index (χ2n) is 5.25. The lowest BCUT2D eigenvalue weighted by Crippen LogP contribution is -2.06. The van der Waals surface area contributed by atoms with Gasteiger partial charge in [0.25, 0.3) is 0 Å². The zero-order valence-electron chi connectivity index (χ0n) is 13.8. The Morgan fingerprint density at radius 3 is 2.46 bits per heavy atom. The molecule has 0 fully saturated rings. The normalized spacial score (nSPS) is 10.7. The summed E-state index contributed by atoms with van der Waals surface area (Å²) in [5, 5.41) is 19.8. The number of phenolic OH excluding ortho intramolecular Hbond substituents is 2. The largest absolute Gasteiger partial charge is 0.508 e. The maximum atomic E-state index is 12.4. The summed E-state index contributed by atoms with van der Waals surface area (Å²) in [6, 6.07) is 8.91. The number of ether oxygens (including phenoxy) is 2. The van der Waals surface area contributed by atoms with Gasteiger partial charge in [0.1, 0.15) is 16.7 Å². The molecule has 0 atom stereocenters. The lowest BCUT2D eigenvalue weighted by molar-refractivity contribution is -0.132. The van der Waals surface area contributed by atoms with E-state index in [0.29, 0.717) is 0 Å². The molecule has 1 heterocycles. The van der Waals surface area contributed by atoms with Gasteiger partial charge >= 0.3 is 5.97 Å². The zero-order valence-corrected chi connectivity index (χ0v) is 14.6. The number of carbonyl (C=O) groups is 1. The highest BCUT2D eigenvalue weighted by Gasteiger charge is 2.20. The van der Waals surface area contributed by atoms with Crippen molar-refractivity contribution in [1.82, 2.24) is 0 Å². The van der Waals surface area contributed by atoms with Gasteiger partial charge in [0.15, 0.2) is 22.0 Å². The second-order valence-corrected chi connectivity index (χ2v) is 6.33. The van der Waals surface area contributed by atoms with E-state index in [9.17, 15) is 19.8 Å². The molecule has 8 heteroatoms. The van der Waals surface area contributed by atoms with Gasteiger partial charge in [0.2, 0.25) is 5.75 Å². The molecule has 2 aromatic carbocycles. The number of hydrogen-bond acceptors (Lipinski definition) is 8. The van der Waals surface area contributed by atoms with Gasteiger partial charge in [0, 0.05) is 24.0 Å². The average Bonchev–Trinajstić information content (AvgIpc) is 2.56. The number of fused-ring (bicyclic) bond motifs is 1. The van der Waals surface area contributed by atoms with Crippen molar-refractivity contribution >= 4 is 28.7 Å². The molecule has 0 unspecified atom stereocenters. The number of phenols is 2. The Kier molecular flexibility index (Phi) is 4.77. The minimum atomic E-state index is -0.612. The third kappa shape index (κ3) is 3.45. The molecule has 0 amide bonds. The van der Waals surface area contributed by atoms with Gasteiger partial charge in [-0.25, -0.2) is 0 Å². The summed E-state index contributed by atoms with van der Waals surface area (Å²) in [6.45, 7) is 1.20. The third-order valence-corrected chi connectivity index (χ3v) is 4.31. The van der Waals surface area contributed by atoms with E-state index in [1.54, 1.807) is 12.1 Å². The smallest absolute Gasteiger partial charge is 0.308 e. The van der Waals surface area contributed by atoms with Crippen molar-refractivity contribution in [2.45, 2.75) is 16.9 Å². The van der Waals surface area contributed by atoms with E-state index in [4.69, 9.17) is 13.9 Å². The van der Waals surface area contributed by atoms with Gasteiger partial charge in [-0.15, -0.1) is 0 Å². The number of rotatable bonds is 4. The van der Waals surface area contributed by atoms with Crippen molar-refractivity contribution in [2.75, 3.05) is 7.11 Å². The van der Waals surface area contributed by atoms with E-state index in [1.807, 2.05) is 0 Å². The molecule has 0 saturated carbocycles. The van der Waals surface area contributed by atoms with Crippen LogP contribution in [0.4, 0.5) is 0 Å². The summed E-state index contributed by atoms with van der Waals surface area (Å²) < 4.78 is 15.7. The van der Waals surface area contributed by atoms with Crippen LogP contribution in [0.1, 0.15) is 6.92 Å². The summed E-state index contributed by atoms with van der Waals surface area (Å²) in [6.07, 6.45) is 0. The minimum Gasteiger partial charge on any atom is -0.508 e. The van der Waals surface area contributed by atoms with Crippen molar-refractivity contribution in [3.05, 3.63) is 46.6 Å². The molecule has 134 valence electrons. The summed E-state index contributed by atoms with van der Waals surface area (Å²) in [5.41, 5.74) is -0.425. The number of esters is 1. The van der Waals surface area contributed by atoms with Crippen LogP contribution in [0.25, 0.3) is 11.0 Å². The van der Waals surface area contributed by atoms with Crippen LogP contribution in [0, 0.1) is 0 Å². The molecule has 3 rings (SSSR count). The molecule has 0 aliphatic rings. The van der Waals surface area contributed by atoms with Gasteiger partial charge < -0.3 is 24.1 Å². The highest BCUT2D eigenvalue weighted by molar-refractivity contribution is 7.99. The number of benzene rings is 2. The average molecular weight is 374 g/mol. The molecule has 0 spiro atoms. The fraction of sp³-hybridized carbons (Fsp3) is 0.111. The van der Waals surface area contributed by atoms with E-state index < -0.39 is 17.1 Å². The maximum Gasteiger partial charge on any atom is 0.308 e. The van der Waals surface area contributed by atoms with Crippen LogP contribution in [0.15, 0.2) is 55.6 Å². The molecule has 26 heavy (non-hydrogen) atoms. The fourth-order valence-electron chi connectivity index (χ4n) is 2.35. The van der Waals surface area contributed by atoms with E-state index >= 15 is 0 Å². The predicted molar refractivity (Wildman–Crippen MR) is 94.2 cm³/mol. The fourth-order valence-corrected chi connectivity index (χ4v) is 3.15. The van der Waals surface area contributed by atoms with Crippen LogP contribution >= 0.6 is 11.8 Å². The molecular weight excluding hydrogens is 360 g/mol. The number of methoxy groups -OCH3 is 1. The van der Waals surface area contributed by atoms with Crippen LogP contribution in [-0.2, 0) is 4.79 Å². The lowest BCUT2D eigenvalue weighted by atomic mass is 10.2. The molecule has 2 N–H and O–H groups in total. The van der Waals surface area contributed by atoms with Gasteiger partial charge in [-0.2, -0.15) is 0 Å². The van der Waals surface area contributed by atoms with Crippen molar-refractivity contribution in [3.8, 4) is 23.0 Å². The molecule has 7 nitrogen and oxygen atoms in total. The molecule has 0 radical (unpaired) electrons. The van der Waals surface area contributed by atoms with Crippen LogP contribution < -0.4 is 14.9 Å². The SMILES string of the molecule is COc1c(OC(C)=O)cc2oc(Sc3ccc(O)cc3)cc(=O)c2c1O. The van der Waals surface area contributed by atoms with Gasteiger partial charge in [-0.05, 0) is 24.3 Å². The molecule has 0 aliphatic heterocycles. The third-order valence-electron chi connectivity index (χ3n) is 3.40. The molecule has 1 aromatic heterocycles. The first-order valence-electron chi connectivity index (χ1n) is 7.42. The van der Waals surface area contributed by atoms with Gasteiger partial charge in [-0.1, -0.05) is 11.8 Å². The first kappa shape index (κ1) is 17.7. The monoisotopic (exact) mass is 374 g/mol. The van der Waals surface area contributed by atoms with Crippen LogP contribution in [0.2, 0.25) is 0 Å². The first-order valence-corrected chi connectivity index (χ1v) is 8.24. The van der Waals surface area contributed by atoms with E-state index in [-0.39, 0.29) is 33.3 Å². The second kappa shape index (κ2) is 7.01. The predicted octanol–water partition coefficient (Wildman–Crippen LogP) is 3.29. The van der Waals surface area contributed by atoms with Crippen molar-refractivity contribution in [2.24, 2.45) is 0 Å². The zero-order chi connectivity index (χ0) is 18.8. The quantitative estimate of drug-likeness (QED) is 0.529. The summed E-state index contributed by atoms with van der Waals surface area (Å²) in [7, 11) is 1.28. The Balaban J connectivity index is 2.13. The lowest BCUT2D eigenvalue weighted by Gasteiger charge is -2.12. The molecular formula is C18H14O7S. The Morgan fingerprint density at radius 2 is 1.85 bits per heavy atom. The molecule has 3 aromatic rings. The van der Waals surface area contributed by atoms with Crippen LogP contribution in [0.5, 0.6) is 23.0 Å². The number of aromatic hydroxyl groups is 2. The van der Waals surface area contributed by atoms with E-state index in [2.05, 4.69) is 0 Å². The van der Waals surface area contributed by atoms with Gasteiger partial charge in [-0.3, -0.25) is 9.59 Å². The molecule has 0 bridgehead atoms. The maximum absolute atomic E-state index is 12.4. The number of hydrogen-bond donors (Lipinski definition) is 2. The van der Waals surface area contributed by atoms with Crippen molar-refractivity contribution in [3.63, 3.8) is 0 Å². The topological polar surface area (TPSA) is 106 Å². The van der Waals surface area contributed by atoms with Crippen molar-refractivity contribution in [1.29, 1.82) is 0 Å². The number of carbonyl (C=O) groups excluding carboxylic acids is 1. The Bertz CT molecular complexity index is 1040. The van der Waals surface area contributed by atoms with Crippen LogP contribution in [-0.4, -0.2) is 23.3 Å². The Labute approximate surface area is 151 Å². The minimum absolute atomic E-state index is 0.0494. The van der Waals surface area contributed by atoms with Crippen molar-refractivity contribution < 1.29 is 28.9 Å². The Hall–Kier alpha value is -3.13. The molecule has 0 aliphatic carbocycles. The summed E-state index contributed by atoms with van der Waals surface area (Å²) >= 11 is 1.16.